The highest BCUT2D eigenvalue weighted by atomic mass is 32.2. The van der Waals surface area contributed by atoms with Gasteiger partial charge in [0.2, 0.25) is 0 Å². The molecule has 0 saturated carbocycles. The van der Waals surface area contributed by atoms with E-state index in [-0.39, 0.29) is 12.5 Å². The molecule has 2 aromatic rings. The molecule has 1 aliphatic rings. The molecular weight excluding hydrogens is 282 g/mol. The molecule has 0 amide bonds. The number of sulfonamides is 1. The first-order chi connectivity index (χ1) is 9.11. The van der Waals surface area contributed by atoms with E-state index in [4.69, 9.17) is 5.11 Å². The molecule has 0 bridgehead atoms. The van der Waals surface area contributed by atoms with Crippen molar-refractivity contribution >= 4 is 31.4 Å². The maximum atomic E-state index is 12.5. The Kier molecular flexibility index (Phi) is 3.34. The van der Waals surface area contributed by atoms with Crippen LogP contribution in [0, 0.1) is 5.92 Å². The van der Waals surface area contributed by atoms with Gasteiger partial charge in [-0.15, -0.1) is 11.3 Å². The van der Waals surface area contributed by atoms with E-state index in [0.29, 0.717) is 17.3 Å². The highest BCUT2D eigenvalue weighted by Gasteiger charge is 2.33. The standard InChI is InChI=1S/C13H15NO3S2/c15-9-10-5-6-14(8-10)19(16,17)13-7-11-3-1-2-4-12(11)18-13/h1-4,7,10,15H,5-6,8-9H2. The number of thiophene rings is 1. The molecule has 2 heterocycles. The van der Waals surface area contributed by atoms with Crippen molar-refractivity contribution in [2.24, 2.45) is 5.92 Å². The van der Waals surface area contributed by atoms with Crippen LogP contribution in [0.1, 0.15) is 6.42 Å². The first-order valence-electron chi connectivity index (χ1n) is 6.21. The summed E-state index contributed by atoms with van der Waals surface area (Å²) in [5.74, 6) is 0.0733. The van der Waals surface area contributed by atoms with Gasteiger partial charge in [0.15, 0.2) is 0 Å². The van der Waals surface area contributed by atoms with Crippen LogP contribution < -0.4 is 0 Å². The van der Waals surface area contributed by atoms with Gasteiger partial charge in [0.25, 0.3) is 10.0 Å². The van der Waals surface area contributed by atoms with E-state index in [0.717, 1.165) is 16.5 Å². The third kappa shape index (κ3) is 2.29. The maximum absolute atomic E-state index is 12.5. The number of benzene rings is 1. The number of aliphatic hydroxyl groups excluding tert-OH is 1. The van der Waals surface area contributed by atoms with Crippen LogP contribution in [0.3, 0.4) is 0 Å². The fraction of sp³-hybridized carbons (Fsp3) is 0.385. The molecule has 1 atom stereocenters. The van der Waals surface area contributed by atoms with Crippen molar-refractivity contribution in [2.45, 2.75) is 10.6 Å². The van der Waals surface area contributed by atoms with Crippen LogP contribution in [0.25, 0.3) is 10.1 Å². The van der Waals surface area contributed by atoms with Gasteiger partial charge in [0.1, 0.15) is 4.21 Å². The minimum absolute atomic E-state index is 0.0540. The van der Waals surface area contributed by atoms with Crippen LogP contribution >= 0.6 is 11.3 Å². The monoisotopic (exact) mass is 297 g/mol. The Labute approximate surface area is 116 Å². The van der Waals surface area contributed by atoms with Crippen LogP contribution in [-0.4, -0.2) is 37.5 Å². The Morgan fingerprint density at radius 3 is 2.84 bits per heavy atom. The van der Waals surface area contributed by atoms with Crippen molar-refractivity contribution in [3.05, 3.63) is 30.3 Å². The Balaban J connectivity index is 1.96. The molecule has 6 heteroatoms. The van der Waals surface area contributed by atoms with E-state index in [1.807, 2.05) is 24.3 Å². The van der Waals surface area contributed by atoms with Gasteiger partial charge in [-0.05, 0) is 29.9 Å². The third-order valence-corrected chi connectivity index (χ3v) is 6.93. The lowest BCUT2D eigenvalue weighted by Gasteiger charge is -2.14. The van der Waals surface area contributed by atoms with Crippen molar-refractivity contribution in [3.63, 3.8) is 0 Å². The number of fused-ring (bicyclic) bond motifs is 1. The van der Waals surface area contributed by atoms with E-state index in [1.165, 1.54) is 15.6 Å². The van der Waals surface area contributed by atoms with Gasteiger partial charge >= 0.3 is 0 Å². The molecule has 0 radical (unpaired) electrons. The number of hydrogen-bond acceptors (Lipinski definition) is 4. The lowest BCUT2D eigenvalue weighted by atomic mass is 10.1. The molecule has 1 aromatic heterocycles. The van der Waals surface area contributed by atoms with Gasteiger partial charge in [0, 0.05) is 24.4 Å². The molecule has 102 valence electrons. The third-order valence-electron chi connectivity index (χ3n) is 3.50. The van der Waals surface area contributed by atoms with Gasteiger partial charge in [-0.25, -0.2) is 8.42 Å². The second-order valence-electron chi connectivity index (χ2n) is 4.80. The summed E-state index contributed by atoms with van der Waals surface area (Å²) in [5.41, 5.74) is 0. The highest BCUT2D eigenvalue weighted by molar-refractivity contribution is 7.91. The summed E-state index contributed by atoms with van der Waals surface area (Å²) in [7, 11) is -3.40. The van der Waals surface area contributed by atoms with Crippen LogP contribution in [0.2, 0.25) is 0 Å². The summed E-state index contributed by atoms with van der Waals surface area (Å²) in [5, 5.41) is 10.1. The molecular formula is C13H15NO3S2. The average molecular weight is 297 g/mol. The average Bonchev–Trinajstić information content (AvgIpc) is 3.05. The quantitative estimate of drug-likeness (QED) is 0.941. The summed E-state index contributed by atoms with van der Waals surface area (Å²) in [4.78, 5) is 0. The molecule has 1 N–H and O–H groups in total. The van der Waals surface area contributed by atoms with E-state index >= 15 is 0 Å². The van der Waals surface area contributed by atoms with Crippen LogP contribution in [-0.2, 0) is 10.0 Å². The second-order valence-corrected chi connectivity index (χ2v) is 8.05. The summed E-state index contributed by atoms with van der Waals surface area (Å²) in [6.07, 6.45) is 0.737. The molecule has 19 heavy (non-hydrogen) atoms. The van der Waals surface area contributed by atoms with Gasteiger partial charge < -0.3 is 5.11 Å². The number of hydrogen-bond donors (Lipinski definition) is 1. The van der Waals surface area contributed by atoms with E-state index in [1.54, 1.807) is 6.07 Å². The van der Waals surface area contributed by atoms with Crippen molar-refractivity contribution in [1.29, 1.82) is 0 Å². The molecule has 0 spiro atoms. The van der Waals surface area contributed by atoms with Crippen LogP contribution in [0.5, 0.6) is 0 Å². The van der Waals surface area contributed by atoms with Crippen molar-refractivity contribution in [3.8, 4) is 0 Å². The SMILES string of the molecule is O=S(=O)(c1cc2ccccc2s1)N1CCC(CO)C1. The van der Waals surface area contributed by atoms with Gasteiger partial charge in [-0.2, -0.15) is 4.31 Å². The van der Waals surface area contributed by atoms with Crippen molar-refractivity contribution in [2.75, 3.05) is 19.7 Å². The molecule has 1 saturated heterocycles. The highest BCUT2D eigenvalue weighted by Crippen LogP contribution is 2.32. The maximum Gasteiger partial charge on any atom is 0.252 e. The van der Waals surface area contributed by atoms with E-state index < -0.39 is 10.0 Å². The predicted octanol–water partition coefficient (Wildman–Crippen LogP) is 1.90. The number of rotatable bonds is 3. The van der Waals surface area contributed by atoms with Gasteiger partial charge in [-0.3, -0.25) is 0 Å². The normalized spacial score (nSPS) is 21.2. The topological polar surface area (TPSA) is 57.6 Å². The predicted molar refractivity (Wildman–Crippen MR) is 75.8 cm³/mol. The Bertz CT molecular complexity index is 660. The molecule has 1 aromatic carbocycles. The molecule has 1 fully saturated rings. The fourth-order valence-corrected chi connectivity index (χ4v) is 5.46. The second kappa shape index (κ2) is 4.86. The zero-order valence-electron chi connectivity index (χ0n) is 10.3. The first kappa shape index (κ1) is 13.1. The molecule has 0 aliphatic carbocycles. The van der Waals surface area contributed by atoms with Crippen LogP contribution in [0.4, 0.5) is 0 Å². The van der Waals surface area contributed by atoms with Gasteiger partial charge in [0.05, 0.1) is 0 Å². The lowest BCUT2D eigenvalue weighted by molar-refractivity contribution is 0.233. The molecule has 3 rings (SSSR count). The Morgan fingerprint density at radius 2 is 2.16 bits per heavy atom. The fourth-order valence-electron chi connectivity index (χ4n) is 2.38. The first-order valence-corrected chi connectivity index (χ1v) is 8.46. The summed E-state index contributed by atoms with van der Waals surface area (Å²) in [6.45, 7) is 0.979. The smallest absolute Gasteiger partial charge is 0.252 e. The number of nitrogens with zero attached hydrogens (tertiary/aromatic N) is 1. The minimum Gasteiger partial charge on any atom is -0.396 e. The lowest BCUT2D eigenvalue weighted by Crippen LogP contribution is -2.28. The molecule has 1 unspecified atom stereocenters. The molecule has 4 nitrogen and oxygen atoms in total. The van der Waals surface area contributed by atoms with Gasteiger partial charge in [-0.1, -0.05) is 18.2 Å². The van der Waals surface area contributed by atoms with E-state index in [9.17, 15) is 8.42 Å². The zero-order valence-corrected chi connectivity index (χ0v) is 12.0. The summed E-state index contributed by atoms with van der Waals surface area (Å²) < 4.78 is 27.9. The number of aliphatic hydroxyl groups is 1. The zero-order chi connectivity index (χ0) is 13.5. The minimum atomic E-state index is -3.40. The molecule has 1 aliphatic heterocycles. The van der Waals surface area contributed by atoms with Crippen molar-refractivity contribution < 1.29 is 13.5 Å². The van der Waals surface area contributed by atoms with Crippen LogP contribution in [0.15, 0.2) is 34.5 Å². The van der Waals surface area contributed by atoms with Crippen molar-refractivity contribution in [1.82, 2.24) is 4.31 Å². The Morgan fingerprint density at radius 1 is 1.37 bits per heavy atom. The summed E-state index contributed by atoms with van der Waals surface area (Å²) in [6, 6.07) is 9.41. The largest absolute Gasteiger partial charge is 0.396 e. The Hall–Kier alpha value is -0.950. The summed E-state index contributed by atoms with van der Waals surface area (Å²) >= 11 is 1.31. The van der Waals surface area contributed by atoms with E-state index in [2.05, 4.69) is 0 Å².